The van der Waals surface area contributed by atoms with Crippen molar-refractivity contribution in [2.24, 2.45) is 0 Å². The van der Waals surface area contributed by atoms with Crippen LogP contribution in [0.2, 0.25) is 0 Å². The van der Waals surface area contributed by atoms with E-state index >= 15 is 0 Å². The fraction of sp³-hybridized carbons (Fsp3) is 0. The SMILES string of the molecule is c1ccc(-c2cc(-c3ccccc3)cc(-c3nc(-c4cccc5c4sc4ccccc45)nc(-c4cccc5oc6cccc(-c7ccccc7)c6c45)n3)c2)cc1. The number of benzene rings is 8. The summed E-state index contributed by atoms with van der Waals surface area (Å²) in [5, 5.41) is 4.44. The van der Waals surface area contributed by atoms with E-state index in [0.29, 0.717) is 17.5 Å². The number of aromatic nitrogens is 3. The van der Waals surface area contributed by atoms with Crippen molar-refractivity contribution in [3.8, 4) is 67.5 Å². The van der Waals surface area contributed by atoms with Gasteiger partial charge in [-0.2, -0.15) is 0 Å². The first-order valence-electron chi connectivity index (χ1n) is 18.7. The number of hydrogen-bond acceptors (Lipinski definition) is 5. The average Bonchev–Trinajstić information content (AvgIpc) is 3.86. The molecule has 0 amide bonds. The van der Waals surface area contributed by atoms with E-state index in [-0.39, 0.29) is 0 Å². The number of nitrogens with zero attached hydrogens (tertiary/aromatic N) is 3. The fourth-order valence-corrected chi connectivity index (χ4v) is 9.14. The van der Waals surface area contributed by atoms with Crippen molar-refractivity contribution >= 4 is 53.4 Å². The van der Waals surface area contributed by atoms with Gasteiger partial charge in [-0.1, -0.05) is 146 Å². The Balaban J connectivity index is 1.21. The third-order valence-electron chi connectivity index (χ3n) is 10.5. The monoisotopic (exact) mass is 733 g/mol. The number of thiophene rings is 1. The van der Waals surface area contributed by atoms with Crippen LogP contribution in [0.25, 0.3) is 110 Å². The zero-order chi connectivity index (χ0) is 37.0. The first-order chi connectivity index (χ1) is 27.7. The predicted molar refractivity (Wildman–Crippen MR) is 233 cm³/mol. The van der Waals surface area contributed by atoms with Gasteiger partial charge in [0, 0.05) is 47.6 Å². The van der Waals surface area contributed by atoms with E-state index < -0.39 is 0 Å². The molecular formula is C51H31N3OS. The van der Waals surface area contributed by atoms with E-state index in [1.54, 1.807) is 11.3 Å². The Hall–Kier alpha value is -7.21. The molecule has 11 rings (SSSR count). The maximum absolute atomic E-state index is 6.56. The van der Waals surface area contributed by atoms with Gasteiger partial charge in [-0.05, 0) is 75.8 Å². The van der Waals surface area contributed by atoms with Crippen molar-refractivity contribution in [1.29, 1.82) is 0 Å². The van der Waals surface area contributed by atoms with Crippen molar-refractivity contribution < 1.29 is 4.42 Å². The van der Waals surface area contributed by atoms with Crippen molar-refractivity contribution in [2.45, 2.75) is 0 Å². The molecule has 3 aromatic heterocycles. The van der Waals surface area contributed by atoms with Crippen molar-refractivity contribution in [3.63, 3.8) is 0 Å². The van der Waals surface area contributed by atoms with Gasteiger partial charge >= 0.3 is 0 Å². The number of rotatable bonds is 6. The first-order valence-corrected chi connectivity index (χ1v) is 19.5. The highest BCUT2D eigenvalue weighted by atomic mass is 32.1. The van der Waals surface area contributed by atoms with Crippen LogP contribution in [0.15, 0.2) is 192 Å². The lowest BCUT2D eigenvalue weighted by atomic mass is 9.95. The van der Waals surface area contributed by atoms with Gasteiger partial charge in [0.1, 0.15) is 11.2 Å². The molecule has 0 radical (unpaired) electrons. The maximum Gasteiger partial charge on any atom is 0.165 e. The molecule has 0 fully saturated rings. The van der Waals surface area contributed by atoms with Gasteiger partial charge in [0.25, 0.3) is 0 Å². The topological polar surface area (TPSA) is 51.8 Å². The van der Waals surface area contributed by atoms with Crippen LogP contribution in [0.5, 0.6) is 0 Å². The fourth-order valence-electron chi connectivity index (χ4n) is 7.93. The van der Waals surface area contributed by atoms with Crippen molar-refractivity contribution in [2.75, 3.05) is 0 Å². The molecular weight excluding hydrogens is 703 g/mol. The van der Waals surface area contributed by atoms with Crippen LogP contribution in [0.4, 0.5) is 0 Å². The lowest BCUT2D eigenvalue weighted by Crippen LogP contribution is -2.01. The summed E-state index contributed by atoms with van der Waals surface area (Å²) in [6.45, 7) is 0. The van der Waals surface area contributed by atoms with E-state index in [1.807, 2.05) is 36.4 Å². The van der Waals surface area contributed by atoms with Crippen LogP contribution in [0, 0.1) is 0 Å². The van der Waals surface area contributed by atoms with Crippen molar-refractivity contribution in [1.82, 2.24) is 15.0 Å². The van der Waals surface area contributed by atoms with Gasteiger partial charge in [-0.15, -0.1) is 11.3 Å². The van der Waals surface area contributed by atoms with Crippen LogP contribution in [0.1, 0.15) is 0 Å². The van der Waals surface area contributed by atoms with Crippen molar-refractivity contribution in [3.05, 3.63) is 188 Å². The molecule has 0 unspecified atom stereocenters. The predicted octanol–water partition coefficient (Wildman–Crippen LogP) is 14.1. The van der Waals surface area contributed by atoms with E-state index in [2.05, 4.69) is 152 Å². The summed E-state index contributed by atoms with van der Waals surface area (Å²) in [4.78, 5) is 16.1. The summed E-state index contributed by atoms with van der Waals surface area (Å²) in [6.07, 6.45) is 0. The molecule has 4 nitrogen and oxygen atoms in total. The first kappa shape index (κ1) is 32.2. The molecule has 56 heavy (non-hydrogen) atoms. The molecule has 262 valence electrons. The summed E-state index contributed by atoms with van der Waals surface area (Å²) >= 11 is 1.78. The largest absolute Gasteiger partial charge is 0.456 e. The van der Waals surface area contributed by atoms with E-state index in [9.17, 15) is 0 Å². The summed E-state index contributed by atoms with van der Waals surface area (Å²) in [5.41, 5.74) is 11.0. The van der Waals surface area contributed by atoms with E-state index in [4.69, 9.17) is 19.4 Å². The Morgan fingerprint density at radius 1 is 0.339 bits per heavy atom. The van der Waals surface area contributed by atoms with E-state index in [0.717, 1.165) is 76.7 Å². The van der Waals surface area contributed by atoms with Crippen LogP contribution in [0.3, 0.4) is 0 Å². The molecule has 11 aromatic rings. The molecule has 0 saturated heterocycles. The zero-order valence-corrected chi connectivity index (χ0v) is 30.9. The number of furan rings is 1. The minimum Gasteiger partial charge on any atom is -0.456 e. The lowest BCUT2D eigenvalue weighted by Gasteiger charge is -2.13. The Morgan fingerprint density at radius 2 is 0.821 bits per heavy atom. The second-order valence-corrected chi connectivity index (χ2v) is 15.0. The average molecular weight is 734 g/mol. The molecule has 0 aliphatic rings. The summed E-state index contributed by atoms with van der Waals surface area (Å²) in [7, 11) is 0. The van der Waals surface area contributed by atoms with Gasteiger partial charge in [0.15, 0.2) is 17.5 Å². The third kappa shape index (κ3) is 5.48. The minimum atomic E-state index is 0.589. The minimum absolute atomic E-state index is 0.589. The molecule has 0 saturated carbocycles. The van der Waals surface area contributed by atoms with E-state index in [1.165, 1.54) is 15.5 Å². The standard InChI is InChI=1S/C51H31N3OS/c1-4-15-32(16-5-1)35-29-36(33-17-6-2-7-18-33)31-37(30-35)49-52-50(54-51(53-49)42-25-12-23-40-39-21-10-11-28-45(39)56-48(40)42)41-24-14-27-44-47(41)46-38(22-13-26-43(46)55-44)34-19-8-3-9-20-34/h1-31H. The smallest absolute Gasteiger partial charge is 0.165 e. The molecule has 0 aliphatic carbocycles. The van der Waals surface area contributed by atoms with Gasteiger partial charge in [-0.25, -0.2) is 15.0 Å². The molecule has 5 heteroatoms. The Labute approximate surface area is 327 Å². The molecule has 8 aromatic carbocycles. The third-order valence-corrected chi connectivity index (χ3v) is 11.8. The van der Waals surface area contributed by atoms with Crippen LogP contribution >= 0.6 is 11.3 Å². The summed E-state index contributed by atoms with van der Waals surface area (Å²) < 4.78 is 8.94. The second kappa shape index (κ2) is 13.3. The van der Waals surface area contributed by atoms with Gasteiger partial charge in [-0.3, -0.25) is 0 Å². The maximum atomic E-state index is 6.56. The molecule has 3 heterocycles. The Morgan fingerprint density at radius 3 is 1.50 bits per heavy atom. The van der Waals surface area contributed by atoms with Gasteiger partial charge in [0.2, 0.25) is 0 Å². The second-order valence-electron chi connectivity index (χ2n) is 13.9. The molecule has 0 N–H and O–H groups in total. The Bertz CT molecular complexity index is 3180. The normalized spacial score (nSPS) is 11.6. The summed E-state index contributed by atoms with van der Waals surface area (Å²) in [6, 6.07) is 65.6. The zero-order valence-electron chi connectivity index (χ0n) is 30.1. The number of fused-ring (bicyclic) bond motifs is 6. The molecule has 0 bridgehead atoms. The molecule has 0 aliphatic heterocycles. The number of hydrogen-bond donors (Lipinski definition) is 0. The highest BCUT2D eigenvalue weighted by molar-refractivity contribution is 7.26. The lowest BCUT2D eigenvalue weighted by molar-refractivity contribution is 0.669. The highest BCUT2D eigenvalue weighted by Crippen LogP contribution is 2.43. The molecule has 0 spiro atoms. The van der Waals surface area contributed by atoms with Crippen LogP contribution in [-0.4, -0.2) is 15.0 Å². The molecule has 0 atom stereocenters. The van der Waals surface area contributed by atoms with Gasteiger partial charge in [0.05, 0.1) is 0 Å². The van der Waals surface area contributed by atoms with Crippen LogP contribution in [-0.2, 0) is 0 Å². The quantitative estimate of drug-likeness (QED) is 0.171. The summed E-state index contributed by atoms with van der Waals surface area (Å²) in [5.74, 6) is 1.82. The van der Waals surface area contributed by atoms with Crippen LogP contribution < -0.4 is 0 Å². The highest BCUT2D eigenvalue weighted by Gasteiger charge is 2.22. The van der Waals surface area contributed by atoms with Gasteiger partial charge < -0.3 is 4.42 Å². The Kier molecular flexibility index (Phi) is 7.64.